The summed E-state index contributed by atoms with van der Waals surface area (Å²) in [6, 6.07) is -0.904. The molecule has 2 aliphatic heterocycles. The Morgan fingerprint density at radius 1 is 0.625 bits per heavy atom. The highest BCUT2D eigenvalue weighted by molar-refractivity contribution is 5.76. The number of hydrogen-bond acceptors (Lipinski definition) is 13. The minimum absolute atomic E-state index is 0.246. The zero-order valence-corrected chi connectivity index (χ0v) is 34.4. The minimum Gasteiger partial charge on any atom is -0.394 e. The van der Waals surface area contributed by atoms with Gasteiger partial charge in [0.1, 0.15) is 48.8 Å². The summed E-state index contributed by atoms with van der Waals surface area (Å²) in [5.41, 5.74) is 0. The van der Waals surface area contributed by atoms with E-state index in [2.05, 4.69) is 19.2 Å². The zero-order valence-electron chi connectivity index (χ0n) is 34.4. The van der Waals surface area contributed by atoms with Gasteiger partial charge in [-0.25, -0.2) is 0 Å². The van der Waals surface area contributed by atoms with E-state index in [0.29, 0.717) is 6.42 Å². The average molecular weight is 806 g/mol. The number of allylic oxidation sites excluding steroid dienone is 1. The number of rotatable bonds is 32. The Hall–Kier alpha value is -1.27. The van der Waals surface area contributed by atoms with Crippen molar-refractivity contribution in [3.8, 4) is 0 Å². The Morgan fingerprint density at radius 3 is 1.64 bits per heavy atom. The van der Waals surface area contributed by atoms with E-state index in [1.54, 1.807) is 6.08 Å². The third-order valence-electron chi connectivity index (χ3n) is 11.0. The lowest BCUT2D eigenvalue weighted by Gasteiger charge is -2.46. The van der Waals surface area contributed by atoms with Gasteiger partial charge in [0.2, 0.25) is 5.91 Å². The van der Waals surface area contributed by atoms with E-state index in [1.165, 1.54) is 89.9 Å². The summed E-state index contributed by atoms with van der Waals surface area (Å²) in [6.07, 6.45) is 11.3. The molecule has 0 aromatic heterocycles. The lowest BCUT2D eigenvalue weighted by Crippen LogP contribution is -2.65. The van der Waals surface area contributed by atoms with Crippen LogP contribution in [0.15, 0.2) is 12.2 Å². The van der Waals surface area contributed by atoms with Crippen LogP contribution in [0.4, 0.5) is 0 Å². The van der Waals surface area contributed by atoms with Gasteiger partial charge < -0.3 is 65.1 Å². The number of hydrogen-bond donors (Lipinski definition) is 9. The largest absolute Gasteiger partial charge is 0.394 e. The van der Waals surface area contributed by atoms with Gasteiger partial charge in [-0.1, -0.05) is 142 Å². The number of aliphatic hydroxyl groups is 8. The molecule has 2 fully saturated rings. The lowest BCUT2D eigenvalue weighted by atomic mass is 9.97. The second-order valence-electron chi connectivity index (χ2n) is 15.8. The molecule has 9 N–H and O–H groups in total. The van der Waals surface area contributed by atoms with E-state index < -0.39 is 86.8 Å². The summed E-state index contributed by atoms with van der Waals surface area (Å²) in [7, 11) is 0. The van der Waals surface area contributed by atoms with E-state index >= 15 is 0 Å². The van der Waals surface area contributed by atoms with Crippen molar-refractivity contribution in [1.82, 2.24) is 5.32 Å². The molecule has 2 heterocycles. The number of aliphatic hydroxyl groups excluding tert-OH is 8. The van der Waals surface area contributed by atoms with Crippen molar-refractivity contribution in [2.45, 2.75) is 229 Å². The molecule has 0 radical (unpaired) electrons. The summed E-state index contributed by atoms with van der Waals surface area (Å²) < 4.78 is 22.6. The highest BCUT2D eigenvalue weighted by Crippen LogP contribution is 2.30. The molecular weight excluding hydrogens is 726 g/mol. The minimum atomic E-state index is -1.78. The maximum Gasteiger partial charge on any atom is 0.220 e. The molecule has 2 aliphatic rings. The maximum atomic E-state index is 13.0. The van der Waals surface area contributed by atoms with Gasteiger partial charge in [0.25, 0.3) is 0 Å². The van der Waals surface area contributed by atoms with E-state index in [-0.39, 0.29) is 18.9 Å². The number of unbranched alkanes of at least 4 members (excludes halogenated alkanes) is 19. The Bertz CT molecular complexity index is 1000. The van der Waals surface area contributed by atoms with Crippen molar-refractivity contribution in [3.05, 3.63) is 12.2 Å². The molecule has 330 valence electrons. The van der Waals surface area contributed by atoms with E-state index in [1.807, 2.05) is 6.08 Å². The molecular formula is C42H79NO13. The van der Waals surface area contributed by atoms with Crippen molar-refractivity contribution < 1.29 is 64.6 Å². The fourth-order valence-corrected chi connectivity index (χ4v) is 7.29. The highest BCUT2D eigenvalue weighted by atomic mass is 16.7. The molecule has 14 heteroatoms. The van der Waals surface area contributed by atoms with Crippen LogP contribution in [-0.2, 0) is 23.7 Å². The summed E-state index contributed by atoms with van der Waals surface area (Å²) in [4.78, 5) is 13.0. The van der Waals surface area contributed by atoms with Crippen molar-refractivity contribution in [1.29, 1.82) is 0 Å². The standard InChI is InChI=1S/C42H79NO13/c1-3-5-7-9-11-13-14-15-16-17-18-19-21-23-25-31(46)30(43-34(47)26-24-22-20-12-10-8-6-4-2)29-53-41-39(52)37(50)40(33(28-45)55-41)56-42-38(51)36(49)35(48)32(27-44)54-42/h23,25,30-33,35-42,44-46,48-52H,3-22,24,26-29H2,1-2H3,(H,43,47)/b25-23+. The van der Waals surface area contributed by atoms with Crippen LogP contribution in [0.1, 0.15) is 155 Å². The van der Waals surface area contributed by atoms with Crippen LogP contribution in [0.2, 0.25) is 0 Å². The van der Waals surface area contributed by atoms with Gasteiger partial charge in [-0.3, -0.25) is 4.79 Å². The molecule has 0 aliphatic carbocycles. The number of nitrogens with one attached hydrogen (secondary N) is 1. The van der Waals surface area contributed by atoms with E-state index in [4.69, 9.17) is 18.9 Å². The Kier molecular flexibility index (Phi) is 27.9. The van der Waals surface area contributed by atoms with Gasteiger partial charge in [0.15, 0.2) is 12.6 Å². The molecule has 0 aromatic rings. The number of ether oxygens (including phenoxy) is 4. The first-order valence-corrected chi connectivity index (χ1v) is 21.9. The fourth-order valence-electron chi connectivity index (χ4n) is 7.29. The SMILES string of the molecule is CCCCCCCCCCCCCC/C=C/C(O)C(COC1OC(CO)C(OC2OC(CO)C(O)C(O)C2O)C(O)C1O)NC(=O)CCCCCCCCCC. The topological polar surface area (TPSA) is 228 Å². The van der Waals surface area contributed by atoms with Crippen LogP contribution in [0.3, 0.4) is 0 Å². The molecule has 12 unspecified atom stereocenters. The van der Waals surface area contributed by atoms with Gasteiger partial charge in [0, 0.05) is 6.42 Å². The Balaban J connectivity index is 1.92. The smallest absolute Gasteiger partial charge is 0.220 e. The summed E-state index contributed by atoms with van der Waals surface area (Å²) >= 11 is 0. The summed E-state index contributed by atoms with van der Waals surface area (Å²) in [5.74, 6) is -0.246. The van der Waals surface area contributed by atoms with Crippen LogP contribution in [0, 0.1) is 0 Å². The van der Waals surface area contributed by atoms with Crippen molar-refractivity contribution in [2.24, 2.45) is 0 Å². The normalized spacial score (nSPS) is 29.5. The quantitative estimate of drug-likeness (QED) is 0.0350. The first-order chi connectivity index (χ1) is 27.1. The maximum absolute atomic E-state index is 13.0. The zero-order chi connectivity index (χ0) is 41.1. The monoisotopic (exact) mass is 806 g/mol. The third kappa shape index (κ3) is 19.2. The molecule has 0 aromatic carbocycles. The fraction of sp³-hybridized carbons (Fsp3) is 0.929. The van der Waals surface area contributed by atoms with Crippen molar-refractivity contribution in [3.63, 3.8) is 0 Å². The van der Waals surface area contributed by atoms with Crippen LogP contribution >= 0.6 is 0 Å². The summed E-state index contributed by atoms with van der Waals surface area (Å²) in [6.45, 7) is 2.72. The van der Waals surface area contributed by atoms with Crippen LogP contribution in [0.25, 0.3) is 0 Å². The van der Waals surface area contributed by atoms with Gasteiger partial charge >= 0.3 is 0 Å². The summed E-state index contributed by atoms with van der Waals surface area (Å²) in [5, 5.41) is 86.2. The van der Waals surface area contributed by atoms with Gasteiger partial charge in [-0.15, -0.1) is 0 Å². The molecule has 12 atom stereocenters. The van der Waals surface area contributed by atoms with Crippen molar-refractivity contribution >= 4 is 5.91 Å². The predicted octanol–water partition coefficient (Wildman–Crippen LogP) is 3.65. The second-order valence-corrected chi connectivity index (χ2v) is 15.8. The van der Waals surface area contributed by atoms with Gasteiger partial charge in [-0.05, 0) is 19.3 Å². The Morgan fingerprint density at radius 2 is 1.11 bits per heavy atom. The molecule has 2 rings (SSSR count). The second kappa shape index (κ2) is 30.7. The highest BCUT2D eigenvalue weighted by Gasteiger charge is 2.50. The molecule has 0 saturated carbocycles. The lowest BCUT2D eigenvalue weighted by molar-refractivity contribution is -0.359. The Labute approximate surface area is 336 Å². The van der Waals surface area contributed by atoms with E-state index in [9.17, 15) is 45.6 Å². The number of carbonyl (C=O) groups excluding carboxylic acids is 1. The van der Waals surface area contributed by atoms with Crippen molar-refractivity contribution in [2.75, 3.05) is 19.8 Å². The number of carbonyl (C=O) groups is 1. The van der Waals surface area contributed by atoms with Crippen LogP contribution in [-0.4, -0.2) is 140 Å². The molecule has 2 saturated heterocycles. The van der Waals surface area contributed by atoms with Gasteiger partial charge in [0.05, 0.1) is 32.0 Å². The van der Waals surface area contributed by atoms with Gasteiger partial charge in [-0.2, -0.15) is 0 Å². The van der Waals surface area contributed by atoms with Crippen LogP contribution < -0.4 is 5.32 Å². The molecule has 56 heavy (non-hydrogen) atoms. The van der Waals surface area contributed by atoms with Crippen LogP contribution in [0.5, 0.6) is 0 Å². The molecule has 0 spiro atoms. The number of amides is 1. The first kappa shape index (κ1) is 50.9. The molecule has 1 amide bonds. The molecule has 14 nitrogen and oxygen atoms in total. The molecule has 0 bridgehead atoms. The first-order valence-electron chi connectivity index (χ1n) is 21.9. The predicted molar refractivity (Wildman–Crippen MR) is 212 cm³/mol. The third-order valence-corrected chi connectivity index (χ3v) is 11.0. The van der Waals surface area contributed by atoms with E-state index in [0.717, 1.165) is 38.5 Å². The average Bonchev–Trinajstić information content (AvgIpc) is 3.19.